The second-order valence-corrected chi connectivity index (χ2v) is 7.17. The molecule has 2 aromatic rings. The molecule has 0 saturated heterocycles. The van der Waals surface area contributed by atoms with Crippen molar-refractivity contribution in [2.24, 2.45) is 0 Å². The summed E-state index contributed by atoms with van der Waals surface area (Å²) in [5, 5.41) is 13.1. The zero-order chi connectivity index (χ0) is 17.8. The molecule has 25 heavy (non-hydrogen) atoms. The molecule has 0 aromatic heterocycles. The zero-order valence-electron chi connectivity index (χ0n) is 14.0. The van der Waals surface area contributed by atoms with Crippen molar-refractivity contribution >= 4 is 23.4 Å². The molecule has 0 radical (unpaired) electrons. The Labute approximate surface area is 151 Å². The molecule has 0 aliphatic carbocycles. The molecule has 1 amide bonds. The standard InChI is InChI=1S/C19H21FN2O2S/c1-22-9-8-13-10-14(2-7-17(13)22)18(23)11-21-19(24)12-25-16-5-3-15(20)4-6-16/h2-7,10,18,23H,8-9,11-12H2,1H3,(H,21,24)/t18-/m1/s1. The number of aliphatic hydroxyl groups excluding tert-OH is 1. The smallest absolute Gasteiger partial charge is 0.230 e. The van der Waals surface area contributed by atoms with Crippen LogP contribution < -0.4 is 10.2 Å². The number of carbonyl (C=O) groups excluding carboxylic acids is 1. The lowest BCUT2D eigenvalue weighted by atomic mass is 10.0. The molecule has 132 valence electrons. The summed E-state index contributed by atoms with van der Waals surface area (Å²) in [5.74, 6) is -0.223. The highest BCUT2D eigenvalue weighted by Gasteiger charge is 2.18. The van der Waals surface area contributed by atoms with E-state index in [1.165, 1.54) is 35.1 Å². The van der Waals surface area contributed by atoms with Crippen LogP contribution >= 0.6 is 11.8 Å². The number of hydrogen-bond acceptors (Lipinski definition) is 4. The summed E-state index contributed by atoms with van der Waals surface area (Å²) in [6.45, 7) is 1.17. The fraction of sp³-hybridized carbons (Fsp3) is 0.316. The van der Waals surface area contributed by atoms with E-state index < -0.39 is 6.10 Å². The topological polar surface area (TPSA) is 52.6 Å². The molecule has 0 saturated carbocycles. The van der Waals surface area contributed by atoms with Gasteiger partial charge in [-0.2, -0.15) is 0 Å². The van der Waals surface area contributed by atoms with Gasteiger partial charge in [0.25, 0.3) is 0 Å². The number of rotatable bonds is 6. The van der Waals surface area contributed by atoms with Crippen LogP contribution in [-0.4, -0.2) is 36.9 Å². The first-order valence-corrected chi connectivity index (χ1v) is 9.18. The molecular formula is C19H21FN2O2S. The number of halogens is 1. The highest BCUT2D eigenvalue weighted by molar-refractivity contribution is 8.00. The zero-order valence-corrected chi connectivity index (χ0v) is 14.9. The van der Waals surface area contributed by atoms with Gasteiger partial charge in [0.05, 0.1) is 11.9 Å². The van der Waals surface area contributed by atoms with Crippen LogP contribution in [0.5, 0.6) is 0 Å². The number of nitrogens with zero attached hydrogens (tertiary/aromatic N) is 1. The monoisotopic (exact) mass is 360 g/mol. The minimum atomic E-state index is -0.726. The van der Waals surface area contributed by atoms with Crippen LogP contribution in [0, 0.1) is 5.82 Å². The van der Waals surface area contributed by atoms with Gasteiger partial charge in [-0.3, -0.25) is 4.79 Å². The number of benzene rings is 2. The third-order valence-corrected chi connectivity index (χ3v) is 5.30. The average Bonchev–Trinajstić information content (AvgIpc) is 2.99. The lowest BCUT2D eigenvalue weighted by Gasteiger charge is -2.15. The molecule has 2 N–H and O–H groups in total. The normalized spacial score (nSPS) is 14.3. The van der Waals surface area contributed by atoms with E-state index in [4.69, 9.17) is 0 Å². The fourth-order valence-corrected chi connectivity index (χ4v) is 3.58. The molecule has 0 spiro atoms. The molecular weight excluding hydrogens is 339 g/mol. The second-order valence-electron chi connectivity index (χ2n) is 6.12. The maximum atomic E-state index is 12.8. The minimum absolute atomic E-state index is 0.158. The van der Waals surface area contributed by atoms with Gasteiger partial charge in [-0.05, 0) is 47.9 Å². The Morgan fingerprint density at radius 1 is 1.32 bits per heavy atom. The van der Waals surface area contributed by atoms with Gasteiger partial charge in [0.15, 0.2) is 0 Å². The Bertz CT molecular complexity index is 752. The molecule has 1 atom stereocenters. The Kier molecular flexibility index (Phi) is 5.60. The van der Waals surface area contributed by atoms with Crippen molar-refractivity contribution in [1.29, 1.82) is 0 Å². The van der Waals surface area contributed by atoms with Crippen molar-refractivity contribution < 1.29 is 14.3 Å². The number of anilines is 1. The van der Waals surface area contributed by atoms with Crippen molar-refractivity contribution in [3.8, 4) is 0 Å². The summed E-state index contributed by atoms with van der Waals surface area (Å²) in [7, 11) is 2.06. The number of carbonyl (C=O) groups is 1. The summed E-state index contributed by atoms with van der Waals surface area (Å²) < 4.78 is 12.8. The third kappa shape index (κ3) is 4.52. The Hall–Kier alpha value is -2.05. The molecule has 4 nitrogen and oxygen atoms in total. The van der Waals surface area contributed by atoms with Crippen molar-refractivity contribution in [2.45, 2.75) is 17.4 Å². The van der Waals surface area contributed by atoms with Crippen LogP contribution in [0.25, 0.3) is 0 Å². The predicted molar refractivity (Wildman–Crippen MR) is 98.5 cm³/mol. The first-order chi connectivity index (χ1) is 12.0. The van der Waals surface area contributed by atoms with Gasteiger partial charge >= 0.3 is 0 Å². The lowest BCUT2D eigenvalue weighted by Crippen LogP contribution is -2.29. The summed E-state index contributed by atoms with van der Waals surface area (Å²) in [5.41, 5.74) is 3.26. The number of nitrogens with one attached hydrogen (secondary N) is 1. The molecule has 1 heterocycles. The fourth-order valence-electron chi connectivity index (χ4n) is 2.85. The molecule has 0 fully saturated rings. The van der Waals surface area contributed by atoms with Crippen LogP contribution in [0.3, 0.4) is 0 Å². The largest absolute Gasteiger partial charge is 0.387 e. The number of fused-ring (bicyclic) bond motifs is 1. The minimum Gasteiger partial charge on any atom is -0.387 e. The molecule has 3 rings (SSSR count). The predicted octanol–water partition coefficient (Wildman–Crippen LogP) is 2.76. The Morgan fingerprint density at radius 2 is 2.08 bits per heavy atom. The van der Waals surface area contributed by atoms with Crippen LogP contribution in [0.2, 0.25) is 0 Å². The van der Waals surface area contributed by atoms with E-state index in [9.17, 15) is 14.3 Å². The number of amides is 1. The first-order valence-electron chi connectivity index (χ1n) is 8.20. The number of thioether (sulfide) groups is 1. The molecule has 1 aliphatic rings. The van der Waals surface area contributed by atoms with E-state index in [1.807, 2.05) is 18.2 Å². The Balaban J connectivity index is 1.47. The maximum absolute atomic E-state index is 12.8. The third-order valence-electron chi connectivity index (χ3n) is 4.29. The van der Waals surface area contributed by atoms with Crippen LogP contribution in [0.15, 0.2) is 47.4 Å². The van der Waals surface area contributed by atoms with Crippen molar-refractivity contribution in [1.82, 2.24) is 5.32 Å². The maximum Gasteiger partial charge on any atom is 0.230 e. The number of hydrogen-bond donors (Lipinski definition) is 2. The van der Waals surface area contributed by atoms with E-state index in [0.717, 1.165) is 23.4 Å². The molecule has 2 aromatic carbocycles. The van der Waals surface area contributed by atoms with Gasteiger partial charge < -0.3 is 15.3 Å². The summed E-state index contributed by atoms with van der Waals surface area (Å²) in [6, 6.07) is 12.0. The van der Waals surface area contributed by atoms with Crippen molar-refractivity contribution in [3.05, 3.63) is 59.4 Å². The first kappa shape index (κ1) is 17.8. The highest BCUT2D eigenvalue weighted by Crippen LogP contribution is 2.29. The van der Waals surface area contributed by atoms with Gasteiger partial charge in [-0.1, -0.05) is 12.1 Å². The number of likely N-dealkylation sites (N-methyl/N-ethyl adjacent to an activating group) is 1. The van der Waals surface area contributed by atoms with Crippen molar-refractivity contribution in [3.63, 3.8) is 0 Å². The summed E-state index contributed by atoms with van der Waals surface area (Å²) in [4.78, 5) is 15.0. The van der Waals surface area contributed by atoms with Gasteiger partial charge in [0.2, 0.25) is 5.91 Å². The van der Waals surface area contributed by atoms with E-state index in [-0.39, 0.29) is 24.0 Å². The van der Waals surface area contributed by atoms with Gasteiger partial charge in [0, 0.05) is 30.7 Å². The SMILES string of the molecule is CN1CCc2cc([C@H](O)CNC(=O)CSc3ccc(F)cc3)ccc21. The van der Waals surface area contributed by atoms with Crippen LogP contribution in [0.1, 0.15) is 17.2 Å². The van der Waals surface area contributed by atoms with Crippen LogP contribution in [-0.2, 0) is 11.2 Å². The van der Waals surface area contributed by atoms with E-state index in [1.54, 1.807) is 12.1 Å². The van der Waals surface area contributed by atoms with E-state index >= 15 is 0 Å². The van der Waals surface area contributed by atoms with Gasteiger partial charge in [-0.15, -0.1) is 11.8 Å². The summed E-state index contributed by atoms with van der Waals surface area (Å²) in [6.07, 6.45) is 0.253. The molecule has 6 heteroatoms. The molecule has 0 unspecified atom stereocenters. The quantitative estimate of drug-likeness (QED) is 0.778. The average molecular weight is 360 g/mol. The van der Waals surface area contributed by atoms with Gasteiger partial charge in [-0.25, -0.2) is 4.39 Å². The van der Waals surface area contributed by atoms with Gasteiger partial charge in [0.1, 0.15) is 5.82 Å². The molecule has 1 aliphatic heterocycles. The number of aliphatic hydroxyl groups is 1. The summed E-state index contributed by atoms with van der Waals surface area (Å²) >= 11 is 1.34. The van der Waals surface area contributed by atoms with E-state index in [2.05, 4.69) is 17.3 Å². The Morgan fingerprint density at radius 3 is 2.84 bits per heavy atom. The van der Waals surface area contributed by atoms with Crippen molar-refractivity contribution in [2.75, 3.05) is 30.8 Å². The second kappa shape index (κ2) is 7.89. The van der Waals surface area contributed by atoms with Crippen LogP contribution in [0.4, 0.5) is 10.1 Å². The lowest BCUT2D eigenvalue weighted by molar-refractivity contribution is -0.119. The van der Waals surface area contributed by atoms with E-state index in [0.29, 0.717) is 0 Å². The highest BCUT2D eigenvalue weighted by atomic mass is 32.2. The molecule has 0 bridgehead atoms.